The molecule has 5 nitrogen and oxygen atoms in total. The average Bonchev–Trinajstić information content (AvgIpc) is 2.55. The Kier molecular flexibility index (Phi) is 5.50. The van der Waals surface area contributed by atoms with E-state index >= 15 is 0 Å². The Morgan fingerprint density at radius 2 is 1.57 bits per heavy atom. The largest absolute Gasteiger partial charge is 0.496 e. The number of methoxy groups -OCH3 is 3. The molecule has 2 rings (SSSR count). The molecular weight excluding hydrogens is 362 g/mol. The first kappa shape index (κ1) is 17.1. The molecule has 0 bridgehead atoms. The number of hydrogen-bond acceptors (Lipinski definition) is 4. The van der Waals surface area contributed by atoms with Crippen LogP contribution in [-0.4, -0.2) is 27.2 Å². The van der Waals surface area contributed by atoms with Gasteiger partial charge in [0.1, 0.15) is 5.75 Å². The van der Waals surface area contributed by atoms with Crippen molar-refractivity contribution in [3.63, 3.8) is 0 Å². The minimum atomic E-state index is -0.219. The van der Waals surface area contributed by atoms with Crippen LogP contribution in [-0.2, 0) is 0 Å². The van der Waals surface area contributed by atoms with Gasteiger partial charge in [-0.15, -0.1) is 0 Å². The van der Waals surface area contributed by atoms with Crippen LogP contribution in [0.2, 0.25) is 0 Å². The van der Waals surface area contributed by atoms with E-state index in [9.17, 15) is 4.79 Å². The van der Waals surface area contributed by atoms with E-state index in [0.717, 1.165) is 10.0 Å². The summed E-state index contributed by atoms with van der Waals surface area (Å²) in [5.74, 6) is 1.63. The molecule has 2 aromatic rings. The molecule has 0 aromatic heterocycles. The molecule has 0 spiro atoms. The number of nitrogens with one attached hydrogen (secondary N) is 1. The Hall–Kier alpha value is -2.21. The number of ether oxygens (including phenoxy) is 3. The van der Waals surface area contributed by atoms with E-state index in [2.05, 4.69) is 21.2 Å². The molecule has 2 aromatic carbocycles. The number of halogens is 1. The smallest absolute Gasteiger partial charge is 0.255 e. The quantitative estimate of drug-likeness (QED) is 0.851. The summed E-state index contributed by atoms with van der Waals surface area (Å²) in [6.07, 6.45) is 0. The molecule has 1 N–H and O–H groups in total. The molecule has 0 unspecified atom stereocenters. The van der Waals surface area contributed by atoms with E-state index in [4.69, 9.17) is 14.2 Å². The number of benzene rings is 2. The van der Waals surface area contributed by atoms with Gasteiger partial charge in [-0.2, -0.15) is 0 Å². The highest BCUT2D eigenvalue weighted by Crippen LogP contribution is 2.33. The highest BCUT2D eigenvalue weighted by molar-refractivity contribution is 9.10. The van der Waals surface area contributed by atoms with E-state index in [-0.39, 0.29) is 5.91 Å². The van der Waals surface area contributed by atoms with Crippen LogP contribution in [0.3, 0.4) is 0 Å². The highest BCUT2D eigenvalue weighted by Gasteiger charge is 2.13. The highest BCUT2D eigenvalue weighted by atomic mass is 79.9. The number of aryl methyl sites for hydroxylation is 1. The van der Waals surface area contributed by atoms with Crippen molar-refractivity contribution in [2.75, 3.05) is 26.6 Å². The molecular formula is C17H18BrNO4. The Bertz CT molecular complexity index is 731. The van der Waals surface area contributed by atoms with Gasteiger partial charge < -0.3 is 19.5 Å². The molecule has 6 heteroatoms. The van der Waals surface area contributed by atoms with E-state index in [1.165, 1.54) is 0 Å². The summed E-state index contributed by atoms with van der Waals surface area (Å²) in [5.41, 5.74) is 2.06. The summed E-state index contributed by atoms with van der Waals surface area (Å²) in [6.45, 7) is 1.89. The molecule has 0 aliphatic carbocycles. The van der Waals surface area contributed by atoms with Gasteiger partial charge in [-0.05, 0) is 52.7 Å². The van der Waals surface area contributed by atoms with Gasteiger partial charge in [0.05, 0.1) is 25.8 Å². The van der Waals surface area contributed by atoms with Gasteiger partial charge in [-0.3, -0.25) is 4.79 Å². The molecule has 0 aliphatic rings. The van der Waals surface area contributed by atoms with Crippen LogP contribution in [0.4, 0.5) is 5.69 Å². The van der Waals surface area contributed by atoms with Gasteiger partial charge in [0.2, 0.25) is 0 Å². The van der Waals surface area contributed by atoms with Crippen molar-refractivity contribution >= 4 is 27.5 Å². The summed E-state index contributed by atoms with van der Waals surface area (Å²) in [5, 5.41) is 2.88. The van der Waals surface area contributed by atoms with Gasteiger partial charge >= 0.3 is 0 Å². The van der Waals surface area contributed by atoms with Crippen LogP contribution in [0, 0.1) is 6.92 Å². The van der Waals surface area contributed by atoms with Crippen molar-refractivity contribution in [3.05, 3.63) is 45.9 Å². The molecule has 0 radical (unpaired) electrons. The molecule has 0 heterocycles. The van der Waals surface area contributed by atoms with Crippen LogP contribution in [0.25, 0.3) is 0 Å². The van der Waals surface area contributed by atoms with Gasteiger partial charge in [0, 0.05) is 17.3 Å². The third-order valence-electron chi connectivity index (χ3n) is 3.39. The lowest BCUT2D eigenvalue weighted by molar-refractivity contribution is 0.102. The van der Waals surface area contributed by atoms with Crippen molar-refractivity contribution in [1.29, 1.82) is 0 Å². The van der Waals surface area contributed by atoms with Gasteiger partial charge in [-0.1, -0.05) is 0 Å². The Labute approximate surface area is 143 Å². The van der Waals surface area contributed by atoms with Crippen LogP contribution in [0.15, 0.2) is 34.8 Å². The molecule has 122 valence electrons. The number of carbonyl (C=O) groups is 1. The topological polar surface area (TPSA) is 56.8 Å². The summed E-state index contributed by atoms with van der Waals surface area (Å²) < 4.78 is 16.4. The van der Waals surface area contributed by atoms with E-state index < -0.39 is 0 Å². The van der Waals surface area contributed by atoms with Gasteiger partial charge in [-0.25, -0.2) is 0 Å². The third-order valence-corrected chi connectivity index (χ3v) is 4.01. The van der Waals surface area contributed by atoms with Gasteiger partial charge in [0.15, 0.2) is 11.5 Å². The Balaban J connectivity index is 2.28. The first-order chi connectivity index (χ1) is 11.0. The van der Waals surface area contributed by atoms with Crippen LogP contribution >= 0.6 is 15.9 Å². The normalized spacial score (nSPS) is 10.1. The first-order valence-electron chi connectivity index (χ1n) is 6.87. The summed E-state index contributed by atoms with van der Waals surface area (Å²) in [7, 11) is 4.70. The fourth-order valence-corrected chi connectivity index (χ4v) is 2.66. The minimum Gasteiger partial charge on any atom is -0.496 e. The monoisotopic (exact) mass is 379 g/mol. The molecule has 0 aliphatic heterocycles. The second-order valence-electron chi connectivity index (χ2n) is 4.83. The molecule has 1 amide bonds. The summed E-state index contributed by atoms with van der Waals surface area (Å²) >= 11 is 3.38. The number of rotatable bonds is 5. The van der Waals surface area contributed by atoms with Crippen LogP contribution < -0.4 is 19.5 Å². The van der Waals surface area contributed by atoms with Crippen molar-refractivity contribution < 1.29 is 19.0 Å². The average molecular weight is 380 g/mol. The van der Waals surface area contributed by atoms with Crippen LogP contribution in [0.5, 0.6) is 17.2 Å². The minimum absolute atomic E-state index is 0.219. The summed E-state index contributed by atoms with van der Waals surface area (Å²) in [6, 6.07) is 8.71. The molecule has 0 atom stereocenters. The van der Waals surface area contributed by atoms with Crippen molar-refractivity contribution in [2.24, 2.45) is 0 Å². The first-order valence-corrected chi connectivity index (χ1v) is 7.67. The molecule has 23 heavy (non-hydrogen) atoms. The third kappa shape index (κ3) is 3.76. The Morgan fingerprint density at radius 3 is 2.13 bits per heavy atom. The zero-order valence-corrected chi connectivity index (χ0v) is 15.0. The standard InChI is InChI=1S/C17H18BrNO4/c1-10-7-15(22-3)16(23-4)9-13(10)19-17(20)11-5-6-14(21-2)12(18)8-11/h5-9H,1-4H3,(H,19,20). The van der Waals surface area contributed by atoms with E-state index in [0.29, 0.717) is 28.5 Å². The predicted molar refractivity (Wildman–Crippen MR) is 92.9 cm³/mol. The van der Waals surface area contributed by atoms with E-state index in [1.807, 2.05) is 13.0 Å². The number of carbonyl (C=O) groups excluding carboxylic acids is 1. The van der Waals surface area contributed by atoms with Crippen molar-refractivity contribution in [2.45, 2.75) is 6.92 Å². The lowest BCUT2D eigenvalue weighted by Gasteiger charge is -2.14. The lowest BCUT2D eigenvalue weighted by atomic mass is 10.1. The fraction of sp³-hybridized carbons (Fsp3) is 0.235. The van der Waals surface area contributed by atoms with Crippen molar-refractivity contribution in [3.8, 4) is 17.2 Å². The fourth-order valence-electron chi connectivity index (χ4n) is 2.12. The van der Waals surface area contributed by atoms with Crippen LogP contribution in [0.1, 0.15) is 15.9 Å². The van der Waals surface area contributed by atoms with E-state index in [1.54, 1.807) is 45.6 Å². The predicted octanol–water partition coefficient (Wildman–Crippen LogP) is 4.04. The SMILES string of the molecule is COc1ccc(C(=O)Nc2cc(OC)c(OC)cc2C)cc1Br. The van der Waals surface area contributed by atoms with Gasteiger partial charge in [0.25, 0.3) is 5.91 Å². The second-order valence-corrected chi connectivity index (χ2v) is 5.68. The second kappa shape index (κ2) is 7.37. The maximum atomic E-state index is 12.4. The zero-order valence-electron chi connectivity index (χ0n) is 13.4. The van der Waals surface area contributed by atoms with Crippen molar-refractivity contribution in [1.82, 2.24) is 0 Å². The maximum absolute atomic E-state index is 12.4. The molecule has 0 saturated carbocycles. The molecule has 0 saturated heterocycles. The zero-order chi connectivity index (χ0) is 17.0. The Morgan fingerprint density at radius 1 is 0.957 bits per heavy atom. The maximum Gasteiger partial charge on any atom is 0.255 e. The number of hydrogen-bond donors (Lipinski definition) is 1. The lowest BCUT2D eigenvalue weighted by Crippen LogP contribution is -2.13. The molecule has 0 fully saturated rings. The summed E-state index contributed by atoms with van der Waals surface area (Å²) in [4.78, 5) is 12.4. The number of anilines is 1. The number of amides is 1.